The average Bonchev–Trinajstić information content (AvgIpc) is 2.98. The third-order valence-electron chi connectivity index (χ3n) is 5.48. The van der Waals surface area contributed by atoms with E-state index in [1.54, 1.807) is 39.0 Å². The Hall–Kier alpha value is -3.13. The Kier molecular flexibility index (Phi) is 4.93. The number of nitrogens with zero attached hydrogens (tertiary/aromatic N) is 1. The fraction of sp³-hybridized carbons (Fsp3) is 0.391. The Morgan fingerprint density at radius 2 is 2.00 bits per heavy atom. The van der Waals surface area contributed by atoms with Crippen LogP contribution >= 0.6 is 0 Å². The largest absolute Gasteiger partial charge is 0.493 e. The monoisotopic (exact) mass is 428 g/mol. The summed E-state index contributed by atoms with van der Waals surface area (Å²) in [6.07, 6.45) is 0. The van der Waals surface area contributed by atoms with Crippen LogP contribution in [0.5, 0.6) is 5.75 Å². The van der Waals surface area contributed by atoms with Crippen LogP contribution in [0.4, 0.5) is 4.39 Å². The fourth-order valence-electron chi connectivity index (χ4n) is 3.86. The maximum atomic E-state index is 15.6. The molecule has 0 spiro atoms. The van der Waals surface area contributed by atoms with E-state index in [2.05, 4.69) is 11.9 Å². The molecular formula is C23H25FN2O5. The summed E-state index contributed by atoms with van der Waals surface area (Å²) < 4.78 is 27.9. The molecule has 31 heavy (non-hydrogen) atoms. The first-order chi connectivity index (χ1) is 14.5. The summed E-state index contributed by atoms with van der Waals surface area (Å²) in [5, 5.41) is 9.50. The van der Waals surface area contributed by atoms with Gasteiger partial charge in [-0.05, 0) is 29.7 Å². The number of nitrogens with one attached hydrogen (secondary N) is 1. The lowest BCUT2D eigenvalue weighted by atomic mass is 9.83. The van der Waals surface area contributed by atoms with Crippen molar-refractivity contribution >= 4 is 17.0 Å². The molecular weight excluding hydrogens is 403 g/mol. The number of aromatic amines is 1. The van der Waals surface area contributed by atoms with Crippen LogP contribution in [0, 0.1) is 11.2 Å². The van der Waals surface area contributed by atoms with Gasteiger partial charge in [-0.1, -0.05) is 27.7 Å². The topological polar surface area (TPSA) is 93.6 Å². The van der Waals surface area contributed by atoms with Crippen molar-refractivity contribution < 1.29 is 23.8 Å². The SMILES string of the molecule is CC1(COc2ccc3c(c2)[nH]c(=O)n3-c2ccc(C(=O)O)c(C(C)(C)C)c2F)COC1. The summed E-state index contributed by atoms with van der Waals surface area (Å²) >= 11 is 0. The maximum absolute atomic E-state index is 15.6. The molecule has 3 aromatic rings. The van der Waals surface area contributed by atoms with Crippen molar-refractivity contribution in [3.05, 3.63) is 57.8 Å². The number of imidazole rings is 1. The first-order valence-corrected chi connectivity index (χ1v) is 10.0. The van der Waals surface area contributed by atoms with E-state index in [1.807, 2.05) is 0 Å². The van der Waals surface area contributed by atoms with E-state index >= 15 is 4.39 Å². The molecule has 0 amide bonds. The minimum atomic E-state index is -1.21. The zero-order valence-electron chi connectivity index (χ0n) is 17.9. The quantitative estimate of drug-likeness (QED) is 0.644. The molecule has 0 bridgehead atoms. The predicted molar refractivity (Wildman–Crippen MR) is 114 cm³/mol. The number of carbonyl (C=O) groups is 1. The molecule has 4 rings (SSSR count). The summed E-state index contributed by atoms with van der Waals surface area (Å²) in [5.41, 5.74) is -0.417. The molecule has 8 heteroatoms. The summed E-state index contributed by atoms with van der Waals surface area (Å²) in [6, 6.07) is 7.77. The molecule has 2 aromatic carbocycles. The van der Waals surface area contributed by atoms with E-state index in [0.717, 1.165) is 0 Å². The number of hydrogen-bond donors (Lipinski definition) is 2. The van der Waals surface area contributed by atoms with Gasteiger partial charge in [0.25, 0.3) is 0 Å². The van der Waals surface area contributed by atoms with Crippen LogP contribution < -0.4 is 10.4 Å². The van der Waals surface area contributed by atoms with Crippen molar-refractivity contribution in [3.63, 3.8) is 0 Å². The molecule has 1 aliphatic rings. The zero-order valence-corrected chi connectivity index (χ0v) is 17.9. The molecule has 1 saturated heterocycles. The Morgan fingerprint density at radius 3 is 2.58 bits per heavy atom. The van der Waals surface area contributed by atoms with Gasteiger partial charge >= 0.3 is 11.7 Å². The molecule has 0 unspecified atom stereocenters. The van der Waals surface area contributed by atoms with Gasteiger partial charge in [-0.2, -0.15) is 0 Å². The Morgan fingerprint density at radius 1 is 1.29 bits per heavy atom. The van der Waals surface area contributed by atoms with Gasteiger partial charge in [0, 0.05) is 17.0 Å². The number of benzene rings is 2. The predicted octanol–water partition coefficient (Wildman–Crippen LogP) is 3.87. The van der Waals surface area contributed by atoms with Gasteiger partial charge in [0.05, 0.1) is 42.1 Å². The highest BCUT2D eigenvalue weighted by Crippen LogP contribution is 2.33. The lowest BCUT2D eigenvalue weighted by molar-refractivity contribution is -0.120. The Balaban J connectivity index is 1.79. The molecule has 164 valence electrons. The van der Waals surface area contributed by atoms with Crippen LogP contribution in [0.15, 0.2) is 35.1 Å². The van der Waals surface area contributed by atoms with Gasteiger partial charge < -0.3 is 19.6 Å². The second-order valence-corrected chi connectivity index (χ2v) is 9.41. The number of aromatic carboxylic acids is 1. The summed E-state index contributed by atoms with van der Waals surface area (Å²) in [4.78, 5) is 27.1. The lowest BCUT2D eigenvalue weighted by Gasteiger charge is -2.37. The molecule has 1 aliphatic heterocycles. The summed E-state index contributed by atoms with van der Waals surface area (Å²) in [7, 11) is 0. The molecule has 1 fully saturated rings. The van der Waals surface area contributed by atoms with E-state index in [9.17, 15) is 14.7 Å². The summed E-state index contributed by atoms with van der Waals surface area (Å²) in [6.45, 7) is 9.05. The van der Waals surface area contributed by atoms with Gasteiger partial charge in [-0.3, -0.25) is 4.57 Å². The number of hydrogen-bond acceptors (Lipinski definition) is 4. The lowest BCUT2D eigenvalue weighted by Crippen LogP contribution is -2.44. The first-order valence-electron chi connectivity index (χ1n) is 10.0. The number of rotatable bonds is 5. The van der Waals surface area contributed by atoms with E-state index in [4.69, 9.17) is 9.47 Å². The third-order valence-corrected chi connectivity index (χ3v) is 5.48. The molecule has 0 aliphatic carbocycles. The molecule has 1 aromatic heterocycles. The highest BCUT2D eigenvalue weighted by molar-refractivity contribution is 5.90. The van der Waals surface area contributed by atoms with Gasteiger partial charge in [-0.15, -0.1) is 0 Å². The molecule has 0 atom stereocenters. The standard InChI is InChI=1S/C23H25FN2O5/c1-22(2,3)18-14(20(27)28)6-8-17(19(18)24)26-16-7-5-13(9-15(16)25-21(26)29)31-12-23(4)10-30-11-23/h5-9H,10-12H2,1-4H3,(H,25,29)(H,27,28). The average molecular weight is 428 g/mol. The number of ether oxygens (including phenoxy) is 2. The number of H-pyrrole nitrogens is 1. The molecule has 0 saturated carbocycles. The molecule has 2 heterocycles. The van der Waals surface area contributed by atoms with Crippen LogP contribution in [-0.2, 0) is 10.2 Å². The van der Waals surface area contributed by atoms with Gasteiger partial charge in [0.1, 0.15) is 5.75 Å². The number of carboxylic acids is 1. The van der Waals surface area contributed by atoms with Crippen LogP contribution in [0.25, 0.3) is 16.7 Å². The smallest absolute Gasteiger partial charge is 0.336 e. The van der Waals surface area contributed by atoms with Crippen molar-refractivity contribution in [2.45, 2.75) is 33.1 Å². The molecule has 7 nitrogen and oxygen atoms in total. The second-order valence-electron chi connectivity index (χ2n) is 9.41. The highest BCUT2D eigenvalue weighted by Gasteiger charge is 2.34. The number of fused-ring (bicyclic) bond motifs is 1. The highest BCUT2D eigenvalue weighted by atomic mass is 19.1. The van der Waals surface area contributed by atoms with E-state index in [1.165, 1.54) is 16.7 Å². The van der Waals surface area contributed by atoms with Crippen molar-refractivity contribution in [1.82, 2.24) is 9.55 Å². The van der Waals surface area contributed by atoms with Crippen molar-refractivity contribution in [3.8, 4) is 11.4 Å². The molecule has 0 radical (unpaired) electrons. The summed E-state index contributed by atoms with van der Waals surface area (Å²) in [5.74, 6) is -1.35. The van der Waals surface area contributed by atoms with Crippen molar-refractivity contribution in [2.24, 2.45) is 5.41 Å². The maximum Gasteiger partial charge on any atom is 0.336 e. The van der Waals surface area contributed by atoms with E-state index in [0.29, 0.717) is 36.6 Å². The van der Waals surface area contributed by atoms with Gasteiger partial charge in [-0.25, -0.2) is 14.0 Å². The van der Waals surface area contributed by atoms with Crippen LogP contribution in [0.2, 0.25) is 0 Å². The zero-order chi connectivity index (χ0) is 22.6. The first kappa shape index (κ1) is 21.1. The third kappa shape index (κ3) is 3.72. The Bertz CT molecular complexity index is 1230. The van der Waals surface area contributed by atoms with E-state index in [-0.39, 0.29) is 22.2 Å². The van der Waals surface area contributed by atoms with Crippen LogP contribution in [-0.4, -0.2) is 40.4 Å². The number of halogens is 1. The fourth-order valence-corrected chi connectivity index (χ4v) is 3.86. The van der Waals surface area contributed by atoms with Crippen molar-refractivity contribution in [2.75, 3.05) is 19.8 Å². The normalized spacial score (nSPS) is 15.6. The minimum Gasteiger partial charge on any atom is -0.493 e. The number of aromatic nitrogens is 2. The number of carboxylic acid groups (broad SMARTS) is 1. The molecule has 2 N–H and O–H groups in total. The van der Waals surface area contributed by atoms with Crippen LogP contribution in [0.3, 0.4) is 0 Å². The van der Waals surface area contributed by atoms with Crippen LogP contribution in [0.1, 0.15) is 43.6 Å². The second kappa shape index (κ2) is 7.23. The Labute approximate surface area is 178 Å². The van der Waals surface area contributed by atoms with Gasteiger partial charge in [0.15, 0.2) is 5.82 Å². The van der Waals surface area contributed by atoms with Gasteiger partial charge in [0.2, 0.25) is 0 Å². The van der Waals surface area contributed by atoms with Crippen molar-refractivity contribution in [1.29, 1.82) is 0 Å². The minimum absolute atomic E-state index is 0.000953. The van der Waals surface area contributed by atoms with E-state index < -0.39 is 22.9 Å².